The molecule has 0 radical (unpaired) electrons. The zero-order valence-electron chi connectivity index (χ0n) is 15.1. The van der Waals surface area contributed by atoms with Crippen LogP contribution < -0.4 is 0 Å². The number of hydrogen-bond acceptors (Lipinski definition) is 9. The van der Waals surface area contributed by atoms with Crippen molar-refractivity contribution < 1.29 is 31.4 Å². The molecule has 2 N–H and O–H groups in total. The number of sulfone groups is 1. The highest BCUT2D eigenvalue weighted by Crippen LogP contribution is 2.36. The molecule has 0 saturated heterocycles. The first kappa shape index (κ1) is 21.3. The van der Waals surface area contributed by atoms with Gasteiger partial charge in [-0.25, -0.2) is 8.42 Å². The zero-order chi connectivity index (χ0) is 22.3. The highest BCUT2D eigenvalue weighted by atomic mass is 32.2. The molecule has 0 aliphatic heterocycles. The van der Waals surface area contributed by atoms with Gasteiger partial charge in [-0.05, 0) is 36.4 Å². The summed E-state index contributed by atoms with van der Waals surface area (Å²) in [5, 5.41) is 29.0. The lowest BCUT2D eigenvalue weighted by molar-refractivity contribution is -0.385. The van der Waals surface area contributed by atoms with Crippen molar-refractivity contribution in [2.45, 2.75) is 9.79 Å². The number of nitrogens with zero attached hydrogens (tertiary/aromatic N) is 3. The second-order valence-electron chi connectivity index (χ2n) is 6.17. The first-order valence-corrected chi connectivity index (χ1v) is 11.3. The van der Waals surface area contributed by atoms with Crippen molar-refractivity contribution in [2.75, 3.05) is 6.26 Å². The fraction of sp³-hybridized carbons (Fsp3) is 0.0588. The van der Waals surface area contributed by atoms with Gasteiger partial charge in [-0.1, -0.05) is 0 Å². The van der Waals surface area contributed by atoms with Gasteiger partial charge in [0.05, 0.1) is 15.5 Å². The molecule has 156 valence electrons. The third kappa shape index (κ3) is 4.27. The Morgan fingerprint density at radius 2 is 1.53 bits per heavy atom. The molecule has 0 unspecified atom stereocenters. The van der Waals surface area contributed by atoms with Crippen LogP contribution in [0.5, 0.6) is 5.75 Å². The molecule has 3 aromatic rings. The van der Waals surface area contributed by atoms with E-state index in [1.807, 2.05) is 0 Å². The van der Waals surface area contributed by atoms with Crippen molar-refractivity contribution in [2.24, 2.45) is 10.2 Å². The Hall–Kier alpha value is -3.42. The van der Waals surface area contributed by atoms with E-state index in [9.17, 15) is 36.6 Å². The van der Waals surface area contributed by atoms with Gasteiger partial charge in [-0.15, -0.1) is 10.2 Å². The Bertz CT molecular complexity index is 1430. The summed E-state index contributed by atoms with van der Waals surface area (Å²) < 4.78 is 56.1. The highest BCUT2D eigenvalue weighted by molar-refractivity contribution is 7.90. The van der Waals surface area contributed by atoms with Gasteiger partial charge in [-0.2, -0.15) is 8.42 Å². The number of fused-ring (bicyclic) bond motifs is 1. The van der Waals surface area contributed by atoms with Crippen LogP contribution >= 0.6 is 0 Å². The Labute approximate surface area is 170 Å². The summed E-state index contributed by atoms with van der Waals surface area (Å²) >= 11 is 0. The van der Waals surface area contributed by atoms with Gasteiger partial charge in [0, 0.05) is 29.2 Å². The lowest BCUT2D eigenvalue weighted by Gasteiger charge is -2.06. The fourth-order valence-corrected chi connectivity index (χ4v) is 3.98. The minimum atomic E-state index is -4.53. The lowest BCUT2D eigenvalue weighted by atomic mass is 10.1. The zero-order valence-corrected chi connectivity index (χ0v) is 16.8. The van der Waals surface area contributed by atoms with E-state index in [0.29, 0.717) is 0 Å². The quantitative estimate of drug-likeness (QED) is 0.256. The van der Waals surface area contributed by atoms with Gasteiger partial charge in [0.1, 0.15) is 16.3 Å². The third-order valence-corrected chi connectivity index (χ3v) is 6.03. The number of aromatic hydroxyl groups is 1. The minimum absolute atomic E-state index is 0.0612. The van der Waals surface area contributed by atoms with Crippen LogP contribution in [-0.4, -0.2) is 37.7 Å². The second-order valence-corrected chi connectivity index (χ2v) is 9.57. The van der Waals surface area contributed by atoms with Crippen LogP contribution in [0, 0.1) is 10.1 Å². The Kier molecular flexibility index (Phi) is 5.28. The van der Waals surface area contributed by atoms with E-state index in [1.54, 1.807) is 0 Å². The molecule has 11 nitrogen and oxygen atoms in total. The van der Waals surface area contributed by atoms with Crippen LogP contribution in [-0.2, 0) is 20.0 Å². The van der Waals surface area contributed by atoms with E-state index in [1.165, 1.54) is 18.2 Å². The molecule has 0 atom stereocenters. The molecule has 0 aromatic heterocycles. The van der Waals surface area contributed by atoms with Crippen LogP contribution in [0.15, 0.2) is 68.6 Å². The molecular weight excluding hydrogens is 438 g/mol. The predicted octanol–water partition coefficient (Wildman–Crippen LogP) is 3.52. The maximum absolute atomic E-state index is 12.0. The van der Waals surface area contributed by atoms with Gasteiger partial charge in [0.25, 0.3) is 15.8 Å². The molecule has 0 aliphatic rings. The number of nitro benzene ring substituents is 1. The topological polar surface area (TPSA) is 177 Å². The SMILES string of the molecule is CS(=O)(=O)c1cc([N+](=O)[O-])ccc1N=Nc1ccc(O)c2ccc(S(=O)(=O)O)cc12. The number of phenols is 1. The molecule has 3 aromatic carbocycles. The Balaban J connectivity index is 2.19. The number of non-ortho nitro benzene ring substituents is 1. The summed E-state index contributed by atoms with van der Waals surface area (Å²) in [6, 6.07) is 9.05. The molecule has 30 heavy (non-hydrogen) atoms. The molecule has 13 heteroatoms. The summed E-state index contributed by atoms with van der Waals surface area (Å²) in [7, 11) is -8.41. The average Bonchev–Trinajstić information content (AvgIpc) is 2.65. The predicted molar refractivity (Wildman–Crippen MR) is 106 cm³/mol. The molecule has 0 bridgehead atoms. The summed E-state index contributed by atoms with van der Waals surface area (Å²) in [5.74, 6) is -0.182. The molecule has 0 aliphatic carbocycles. The molecule has 0 amide bonds. The summed E-state index contributed by atoms with van der Waals surface area (Å²) in [6.45, 7) is 0. The maximum atomic E-state index is 12.0. The average molecular weight is 451 g/mol. The maximum Gasteiger partial charge on any atom is 0.294 e. The second kappa shape index (κ2) is 7.44. The van der Waals surface area contributed by atoms with Crippen molar-refractivity contribution in [3.8, 4) is 5.75 Å². The first-order chi connectivity index (χ1) is 13.9. The first-order valence-electron chi connectivity index (χ1n) is 8.01. The summed E-state index contributed by atoms with van der Waals surface area (Å²) in [5.41, 5.74) is -0.552. The molecule has 0 fully saturated rings. The van der Waals surface area contributed by atoms with E-state index in [0.717, 1.165) is 36.6 Å². The number of benzene rings is 3. The number of azo groups is 1. The van der Waals surface area contributed by atoms with Gasteiger partial charge in [0.2, 0.25) is 0 Å². The minimum Gasteiger partial charge on any atom is -0.507 e. The molecule has 0 heterocycles. The Morgan fingerprint density at radius 1 is 0.900 bits per heavy atom. The van der Waals surface area contributed by atoms with Crippen LogP contribution in [0.25, 0.3) is 10.8 Å². The van der Waals surface area contributed by atoms with Crippen LogP contribution in [0.3, 0.4) is 0 Å². The molecule has 0 spiro atoms. The van der Waals surface area contributed by atoms with E-state index in [4.69, 9.17) is 0 Å². The highest BCUT2D eigenvalue weighted by Gasteiger charge is 2.19. The molecule has 3 rings (SSSR count). The number of rotatable bonds is 5. The van der Waals surface area contributed by atoms with Crippen molar-refractivity contribution in [3.63, 3.8) is 0 Å². The number of phenolic OH excluding ortho intramolecular Hbond substituents is 1. The molecular formula is C17H13N3O8S2. The number of nitro groups is 1. The summed E-state index contributed by atoms with van der Waals surface area (Å²) in [6.07, 6.45) is 0.861. The monoisotopic (exact) mass is 451 g/mol. The fourth-order valence-electron chi connectivity index (χ4n) is 2.65. The van der Waals surface area contributed by atoms with Gasteiger partial charge < -0.3 is 5.11 Å². The standard InChI is InChI=1S/C17H13N3O8S2/c1-29(24,25)17-8-10(20(22)23)2-5-15(17)19-18-14-6-7-16(21)12-4-3-11(9-13(12)14)30(26,27)28/h2-9,21H,1H3,(H,26,27,28). The smallest absolute Gasteiger partial charge is 0.294 e. The summed E-state index contributed by atoms with van der Waals surface area (Å²) in [4.78, 5) is 9.32. The van der Waals surface area contributed by atoms with E-state index < -0.39 is 40.4 Å². The van der Waals surface area contributed by atoms with Gasteiger partial charge >= 0.3 is 0 Å². The largest absolute Gasteiger partial charge is 0.507 e. The van der Waals surface area contributed by atoms with Crippen molar-refractivity contribution in [1.82, 2.24) is 0 Å². The normalized spacial score (nSPS) is 12.5. The van der Waals surface area contributed by atoms with Crippen LogP contribution in [0.2, 0.25) is 0 Å². The lowest BCUT2D eigenvalue weighted by Crippen LogP contribution is -1.99. The molecule has 0 saturated carbocycles. The van der Waals surface area contributed by atoms with Crippen molar-refractivity contribution in [1.29, 1.82) is 0 Å². The van der Waals surface area contributed by atoms with Crippen LogP contribution in [0.4, 0.5) is 17.1 Å². The van der Waals surface area contributed by atoms with Crippen molar-refractivity contribution in [3.05, 3.63) is 58.6 Å². The number of hydrogen-bond donors (Lipinski definition) is 2. The van der Waals surface area contributed by atoms with Gasteiger partial charge in [0.15, 0.2) is 9.84 Å². The van der Waals surface area contributed by atoms with E-state index in [2.05, 4.69) is 10.2 Å². The van der Waals surface area contributed by atoms with Gasteiger partial charge in [-0.3, -0.25) is 14.7 Å². The van der Waals surface area contributed by atoms with Crippen molar-refractivity contribution >= 4 is 47.8 Å². The van der Waals surface area contributed by atoms with Crippen LogP contribution in [0.1, 0.15) is 0 Å². The van der Waals surface area contributed by atoms with E-state index >= 15 is 0 Å². The Morgan fingerprint density at radius 3 is 2.13 bits per heavy atom. The third-order valence-electron chi connectivity index (χ3n) is 4.06. The van der Waals surface area contributed by atoms with E-state index in [-0.39, 0.29) is 27.9 Å².